The fourth-order valence-electron chi connectivity index (χ4n) is 2.73. The van der Waals surface area contributed by atoms with Gasteiger partial charge in [0, 0.05) is 12.5 Å². The molecular weight excluding hydrogens is 258 g/mol. The van der Waals surface area contributed by atoms with Crippen LogP contribution in [-0.2, 0) is 9.53 Å². The molecule has 0 spiro atoms. The average molecular weight is 275 g/mol. The molecule has 7 heteroatoms. The Bertz CT molecular complexity index is 535. The standard InChI is InChI=1S/C13H17N5O2/c1-2-7-20-9-6-4-3-5-8(9)11-14-12-10(13(19)15-11)16-18-17-12/h8-9H,2-7H2,1H3. The minimum Gasteiger partial charge on any atom is -0.377 e. The topological polar surface area (TPSA) is 88.1 Å². The lowest BCUT2D eigenvalue weighted by molar-refractivity contribution is -0.111. The van der Waals surface area contributed by atoms with Crippen LogP contribution >= 0.6 is 0 Å². The van der Waals surface area contributed by atoms with Crippen molar-refractivity contribution < 1.29 is 9.53 Å². The molecule has 1 aliphatic carbocycles. The van der Waals surface area contributed by atoms with Crippen molar-refractivity contribution in [3.8, 4) is 0 Å². The van der Waals surface area contributed by atoms with Crippen LogP contribution in [0.25, 0.3) is 0 Å². The number of fused-ring (bicyclic) bond motifs is 1. The second kappa shape index (κ2) is 5.70. The Balaban J connectivity index is 1.81. The van der Waals surface area contributed by atoms with Crippen LogP contribution in [0.4, 0.5) is 0 Å². The largest absolute Gasteiger partial charge is 0.377 e. The van der Waals surface area contributed by atoms with Crippen molar-refractivity contribution in [3.63, 3.8) is 0 Å². The van der Waals surface area contributed by atoms with E-state index in [9.17, 15) is 4.79 Å². The summed E-state index contributed by atoms with van der Waals surface area (Å²) in [6, 6.07) is 0. The van der Waals surface area contributed by atoms with Gasteiger partial charge in [0.15, 0.2) is 0 Å². The van der Waals surface area contributed by atoms with Crippen molar-refractivity contribution in [1.29, 1.82) is 0 Å². The summed E-state index contributed by atoms with van der Waals surface area (Å²) >= 11 is 0. The molecule has 106 valence electrons. The predicted octanol–water partition coefficient (Wildman–Crippen LogP) is 2.13. The quantitative estimate of drug-likeness (QED) is 0.786. The van der Waals surface area contributed by atoms with Gasteiger partial charge in [0.25, 0.3) is 0 Å². The zero-order valence-corrected chi connectivity index (χ0v) is 11.4. The van der Waals surface area contributed by atoms with Gasteiger partial charge in [0.2, 0.25) is 11.5 Å². The van der Waals surface area contributed by atoms with Gasteiger partial charge in [-0.05, 0) is 24.5 Å². The van der Waals surface area contributed by atoms with Crippen LogP contribution in [0, 0.1) is 5.92 Å². The van der Waals surface area contributed by atoms with E-state index in [1.54, 1.807) is 0 Å². The van der Waals surface area contributed by atoms with Crippen molar-refractivity contribution in [2.75, 3.05) is 6.61 Å². The monoisotopic (exact) mass is 275 g/mol. The van der Waals surface area contributed by atoms with E-state index in [0.717, 1.165) is 38.7 Å². The van der Waals surface area contributed by atoms with Gasteiger partial charge in [0.05, 0.1) is 6.10 Å². The predicted molar refractivity (Wildman–Crippen MR) is 74.2 cm³/mol. The molecule has 3 rings (SSSR count). The van der Waals surface area contributed by atoms with Crippen molar-refractivity contribution in [2.24, 2.45) is 31.3 Å². The third-order valence-corrected chi connectivity index (χ3v) is 3.71. The summed E-state index contributed by atoms with van der Waals surface area (Å²) in [5.74, 6) is 0.504. The Morgan fingerprint density at radius 3 is 2.95 bits per heavy atom. The maximum Gasteiger partial charge on any atom is 0.303 e. The third kappa shape index (κ3) is 2.45. The van der Waals surface area contributed by atoms with Gasteiger partial charge in [-0.2, -0.15) is 4.99 Å². The van der Waals surface area contributed by atoms with Gasteiger partial charge in [-0.15, -0.1) is 10.2 Å². The number of carbonyl (C=O) groups is 1. The maximum atomic E-state index is 11.9. The lowest BCUT2D eigenvalue weighted by Crippen LogP contribution is -2.37. The van der Waals surface area contributed by atoms with Crippen molar-refractivity contribution in [1.82, 2.24) is 0 Å². The summed E-state index contributed by atoms with van der Waals surface area (Å²) in [5, 5.41) is 10.9. The normalized spacial score (nSPS) is 28.9. The zero-order valence-electron chi connectivity index (χ0n) is 11.4. The number of hydrogen-bond donors (Lipinski definition) is 0. The van der Waals surface area contributed by atoms with E-state index in [4.69, 9.17) is 4.74 Å². The van der Waals surface area contributed by atoms with Gasteiger partial charge in [0.1, 0.15) is 5.84 Å². The summed E-state index contributed by atoms with van der Waals surface area (Å²) in [7, 11) is 0. The van der Waals surface area contributed by atoms with Crippen LogP contribution in [0.3, 0.4) is 0 Å². The van der Waals surface area contributed by atoms with Crippen LogP contribution in [0.5, 0.6) is 0 Å². The molecule has 0 aromatic rings. The minimum atomic E-state index is -0.394. The average Bonchev–Trinajstić information content (AvgIpc) is 2.94. The highest BCUT2D eigenvalue weighted by Gasteiger charge is 2.35. The molecule has 2 unspecified atom stereocenters. The van der Waals surface area contributed by atoms with Gasteiger partial charge in [-0.3, -0.25) is 4.79 Å². The molecule has 0 bridgehead atoms. The Hall–Kier alpha value is -1.76. The molecule has 3 aliphatic rings. The molecule has 1 saturated carbocycles. The summed E-state index contributed by atoms with van der Waals surface area (Å²) in [5.41, 5.74) is 0.149. The number of ether oxygens (including phenoxy) is 1. The first kappa shape index (κ1) is 13.2. The van der Waals surface area contributed by atoms with Crippen LogP contribution in [0.15, 0.2) is 25.4 Å². The number of carbonyl (C=O) groups excluding carboxylic acids is 1. The molecule has 0 aromatic heterocycles. The fourth-order valence-corrected chi connectivity index (χ4v) is 2.73. The molecule has 1 amide bonds. The van der Waals surface area contributed by atoms with E-state index in [0.29, 0.717) is 11.7 Å². The van der Waals surface area contributed by atoms with E-state index in [2.05, 4.69) is 32.3 Å². The van der Waals surface area contributed by atoms with Crippen molar-refractivity contribution >= 4 is 23.3 Å². The molecular formula is C13H17N5O2. The maximum absolute atomic E-state index is 11.9. The minimum absolute atomic E-state index is 0.0732. The van der Waals surface area contributed by atoms with Crippen LogP contribution in [0.1, 0.15) is 39.0 Å². The Morgan fingerprint density at radius 1 is 1.25 bits per heavy atom. The van der Waals surface area contributed by atoms with E-state index < -0.39 is 5.91 Å². The van der Waals surface area contributed by atoms with E-state index in [-0.39, 0.29) is 17.7 Å². The lowest BCUT2D eigenvalue weighted by Gasteiger charge is -2.31. The highest BCUT2D eigenvalue weighted by atomic mass is 16.5. The molecule has 2 aliphatic heterocycles. The highest BCUT2D eigenvalue weighted by molar-refractivity contribution is 6.69. The highest BCUT2D eigenvalue weighted by Crippen LogP contribution is 2.30. The second-order valence-corrected chi connectivity index (χ2v) is 5.15. The van der Waals surface area contributed by atoms with Crippen molar-refractivity contribution in [3.05, 3.63) is 0 Å². The first-order valence-electron chi connectivity index (χ1n) is 7.12. The van der Waals surface area contributed by atoms with Gasteiger partial charge in [-0.1, -0.05) is 19.8 Å². The zero-order chi connectivity index (χ0) is 13.9. The van der Waals surface area contributed by atoms with Crippen LogP contribution < -0.4 is 0 Å². The van der Waals surface area contributed by atoms with E-state index in [1.807, 2.05) is 0 Å². The Morgan fingerprint density at radius 2 is 2.10 bits per heavy atom. The van der Waals surface area contributed by atoms with E-state index >= 15 is 0 Å². The number of aliphatic imine (C=N–C) groups is 2. The van der Waals surface area contributed by atoms with Gasteiger partial charge < -0.3 is 4.74 Å². The molecule has 2 heterocycles. The molecule has 0 aromatic carbocycles. The summed E-state index contributed by atoms with van der Waals surface area (Å²) in [6.45, 7) is 2.81. The van der Waals surface area contributed by atoms with Crippen LogP contribution in [-0.4, -0.2) is 36.0 Å². The second-order valence-electron chi connectivity index (χ2n) is 5.15. The number of rotatable bonds is 4. The van der Waals surface area contributed by atoms with Gasteiger partial charge >= 0.3 is 5.91 Å². The number of hydrogen-bond acceptors (Lipinski definition) is 6. The number of amidine groups is 2. The fraction of sp³-hybridized carbons (Fsp3) is 0.692. The smallest absolute Gasteiger partial charge is 0.303 e. The lowest BCUT2D eigenvalue weighted by atomic mass is 9.85. The molecule has 0 N–H and O–H groups in total. The molecule has 0 saturated heterocycles. The van der Waals surface area contributed by atoms with E-state index in [1.165, 1.54) is 0 Å². The first-order chi connectivity index (χ1) is 9.79. The Kier molecular flexibility index (Phi) is 3.77. The first-order valence-corrected chi connectivity index (χ1v) is 7.12. The molecule has 2 atom stereocenters. The number of nitrogens with zero attached hydrogens (tertiary/aromatic N) is 5. The van der Waals surface area contributed by atoms with Gasteiger partial charge in [-0.25, -0.2) is 4.99 Å². The van der Waals surface area contributed by atoms with Crippen LogP contribution in [0.2, 0.25) is 0 Å². The Labute approximate surface area is 116 Å². The summed E-state index contributed by atoms with van der Waals surface area (Å²) in [4.78, 5) is 20.3. The SMILES string of the molecule is CCCOC1CCCCC1C1=NC(=O)C2=NN=NC2=N1. The van der Waals surface area contributed by atoms with Crippen molar-refractivity contribution in [2.45, 2.75) is 45.1 Å². The molecule has 0 radical (unpaired) electrons. The molecule has 7 nitrogen and oxygen atoms in total. The molecule has 1 fully saturated rings. The summed E-state index contributed by atoms with van der Waals surface area (Å²) in [6.07, 6.45) is 5.27. The molecule has 20 heavy (non-hydrogen) atoms. The third-order valence-electron chi connectivity index (χ3n) is 3.71. The number of amides is 1. The summed E-state index contributed by atoms with van der Waals surface area (Å²) < 4.78 is 5.90.